The Kier molecular flexibility index (Phi) is 2.95. The first-order chi connectivity index (χ1) is 5.80. The maximum atomic E-state index is 10.1. The summed E-state index contributed by atoms with van der Waals surface area (Å²) in [6.07, 6.45) is 1.08. The van der Waals surface area contributed by atoms with Crippen molar-refractivity contribution in [3.05, 3.63) is 14.7 Å². The minimum Gasteiger partial charge on any atom is -0.151 e. The quantitative estimate of drug-likeness (QED) is 0.603. The van der Waals surface area contributed by atoms with Crippen molar-refractivity contribution in [2.75, 3.05) is 0 Å². The van der Waals surface area contributed by atoms with Crippen molar-refractivity contribution >= 4 is 0 Å². The molecular formula is C6H9N3O3. The molecule has 0 saturated heterocycles. The normalized spacial score (nSPS) is 35.5. The van der Waals surface area contributed by atoms with E-state index in [0.29, 0.717) is 19.3 Å². The van der Waals surface area contributed by atoms with Gasteiger partial charge < -0.3 is 0 Å². The molecule has 6 heteroatoms. The molecular weight excluding hydrogens is 162 g/mol. The summed E-state index contributed by atoms with van der Waals surface area (Å²) in [5.74, 6) is 0. The maximum absolute atomic E-state index is 10.1. The molecule has 1 aliphatic carbocycles. The van der Waals surface area contributed by atoms with Gasteiger partial charge in [0.1, 0.15) is 0 Å². The van der Waals surface area contributed by atoms with Gasteiger partial charge in [0.2, 0.25) is 0 Å². The van der Waals surface area contributed by atoms with Gasteiger partial charge in [-0.05, 0) is 19.3 Å². The predicted octanol–water partition coefficient (Wildman–Crippen LogP) is 1.58. The minimum atomic E-state index is -0.468. The SMILES string of the molecule is O=NC1CC(N=O)CC(N=O)C1. The summed E-state index contributed by atoms with van der Waals surface area (Å²) in [4.78, 5) is 30.4. The van der Waals surface area contributed by atoms with Gasteiger partial charge in [-0.15, -0.1) is 0 Å². The Bertz CT molecular complexity index is 157. The molecule has 0 aromatic heterocycles. The highest BCUT2D eigenvalue weighted by molar-refractivity contribution is 4.89. The third-order valence-electron chi connectivity index (χ3n) is 2.08. The van der Waals surface area contributed by atoms with Gasteiger partial charge in [-0.25, -0.2) is 0 Å². The van der Waals surface area contributed by atoms with Gasteiger partial charge in [0.25, 0.3) is 0 Å². The van der Waals surface area contributed by atoms with E-state index in [0.717, 1.165) is 0 Å². The highest BCUT2D eigenvalue weighted by Gasteiger charge is 2.30. The van der Waals surface area contributed by atoms with Crippen molar-refractivity contribution in [3.8, 4) is 0 Å². The molecule has 0 atom stereocenters. The van der Waals surface area contributed by atoms with Gasteiger partial charge in [-0.1, -0.05) is 15.5 Å². The first-order valence-electron chi connectivity index (χ1n) is 3.77. The van der Waals surface area contributed by atoms with Gasteiger partial charge in [0.15, 0.2) is 0 Å². The average Bonchev–Trinajstić information content (AvgIpc) is 2.16. The summed E-state index contributed by atoms with van der Waals surface area (Å²) < 4.78 is 0. The molecule has 0 aromatic carbocycles. The van der Waals surface area contributed by atoms with Gasteiger partial charge in [0, 0.05) is 0 Å². The van der Waals surface area contributed by atoms with Crippen LogP contribution in [0.4, 0.5) is 0 Å². The first-order valence-corrected chi connectivity index (χ1v) is 3.77. The molecule has 1 saturated carbocycles. The second-order valence-corrected chi connectivity index (χ2v) is 2.98. The van der Waals surface area contributed by atoms with E-state index in [1.807, 2.05) is 0 Å². The van der Waals surface area contributed by atoms with E-state index in [2.05, 4.69) is 15.5 Å². The van der Waals surface area contributed by atoms with Crippen LogP contribution >= 0.6 is 0 Å². The third kappa shape index (κ3) is 1.90. The fourth-order valence-corrected chi connectivity index (χ4v) is 1.49. The van der Waals surface area contributed by atoms with E-state index in [-0.39, 0.29) is 0 Å². The number of nitroso groups, excluding NO2 is 3. The molecule has 1 aliphatic rings. The van der Waals surface area contributed by atoms with Crippen LogP contribution in [0.2, 0.25) is 0 Å². The van der Waals surface area contributed by atoms with Crippen molar-refractivity contribution in [2.45, 2.75) is 37.4 Å². The fourth-order valence-electron chi connectivity index (χ4n) is 1.49. The lowest BCUT2D eigenvalue weighted by Crippen LogP contribution is -2.29. The summed E-state index contributed by atoms with van der Waals surface area (Å²) in [6.45, 7) is 0. The Morgan fingerprint density at radius 2 is 0.917 bits per heavy atom. The van der Waals surface area contributed by atoms with Crippen LogP contribution in [0.3, 0.4) is 0 Å². The smallest absolute Gasteiger partial charge is 0.0963 e. The van der Waals surface area contributed by atoms with Crippen LogP contribution in [0.15, 0.2) is 15.5 Å². The highest BCUT2D eigenvalue weighted by Crippen LogP contribution is 2.25. The summed E-state index contributed by atoms with van der Waals surface area (Å²) >= 11 is 0. The lowest BCUT2D eigenvalue weighted by atomic mass is 9.88. The molecule has 66 valence electrons. The van der Waals surface area contributed by atoms with E-state index in [1.54, 1.807) is 0 Å². The van der Waals surface area contributed by atoms with E-state index in [4.69, 9.17) is 0 Å². The number of nitrogens with zero attached hydrogens (tertiary/aromatic N) is 3. The van der Waals surface area contributed by atoms with Crippen molar-refractivity contribution in [1.29, 1.82) is 0 Å². The number of rotatable bonds is 3. The molecule has 0 amide bonds. The molecule has 0 unspecified atom stereocenters. The van der Waals surface area contributed by atoms with E-state index >= 15 is 0 Å². The van der Waals surface area contributed by atoms with Crippen LogP contribution in [0.25, 0.3) is 0 Å². The molecule has 0 radical (unpaired) electrons. The molecule has 1 rings (SSSR count). The lowest BCUT2D eigenvalue weighted by Gasteiger charge is -2.22. The Hall–Kier alpha value is -1.20. The van der Waals surface area contributed by atoms with Crippen molar-refractivity contribution < 1.29 is 0 Å². The van der Waals surface area contributed by atoms with Gasteiger partial charge in [-0.3, -0.25) is 0 Å². The van der Waals surface area contributed by atoms with Crippen LogP contribution in [0.5, 0.6) is 0 Å². The minimum absolute atomic E-state index is 0.360. The van der Waals surface area contributed by atoms with Gasteiger partial charge in [0.05, 0.1) is 18.1 Å². The topological polar surface area (TPSA) is 88.3 Å². The van der Waals surface area contributed by atoms with Crippen molar-refractivity contribution in [3.63, 3.8) is 0 Å². The number of hydrogen-bond donors (Lipinski definition) is 0. The summed E-state index contributed by atoms with van der Waals surface area (Å²) in [5.41, 5.74) is 0. The molecule has 12 heavy (non-hydrogen) atoms. The molecule has 0 N–H and O–H groups in total. The Balaban J connectivity index is 2.57. The first kappa shape index (κ1) is 8.89. The highest BCUT2D eigenvalue weighted by atomic mass is 16.3. The summed E-state index contributed by atoms with van der Waals surface area (Å²) in [6, 6.07) is -1.41. The Morgan fingerprint density at radius 1 is 0.667 bits per heavy atom. The molecule has 6 nitrogen and oxygen atoms in total. The molecule has 1 fully saturated rings. The standard InChI is InChI=1S/C6H9N3O3/c10-7-4-1-5(8-11)3-6(2-4)9-12/h4-6H,1-3H2. The van der Waals surface area contributed by atoms with E-state index in [1.165, 1.54) is 0 Å². The number of hydrogen-bond acceptors (Lipinski definition) is 6. The largest absolute Gasteiger partial charge is 0.151 e. The lowest BCUT2D eigenvalue weighted by molar-refractivity contribution is 0.352. The third-order valence-corrected chi connectivity index (χ3v) is 2.08. The molecule has 0 bridgehead atoms. The van der Waals surface area contributed by atoms with Crippen LogP contribution in [0, 0.1) is 14.7 Å². The molecule has 0 aliphatic heterocycles. The zero-order valence-electron chi connectivity index (χ0n) is 6.42. The zero-order chi connectivity index (χ0) is 8.97. The van der Waals surface area contributed by atoms with Crippen LogP contribution in [0.1, 0.15) is 19.3 Å². The fraction of sp³-hybridized carbons (Fsp3) is 1.00. The maximum Gasteiger partial charge on any atom is 0.0963 e. The van der Waals surface area contributed by atoms with Crippen molar-refractivity contribution in [2.24, 2.45) is 15.5 Å². The average molecular weight is 171 g/mol. The molecule has 0 aromatic rings. The Labute approximate surface area is 68.6 Å². The van der Waals surface area contributed by atoms with E-state index < -0.39 is 18.1 Å². The van der Waals surface area contributed by atoms with E-state index in [9.17, 15) is 14.7 Å². The second kappa shape index (κ2) is 3.99. The second-order valence-electron chi connectivity index (χ2n) is 2.98. The molecule has 0 heterocycles. The zero-order valence-corrected chi connectivity index (χ0v) is 6.42. The van der Waals surface area contributed by atoms with Gasteiger partial charge >= 0.3 is 0 Å². The Morgan fingerprint density at radius 3 is 1.08 bits per heavy atom. The van der Waals surface area contributed by atoms with Crippen LogP contribution in [-0.4, -0.2) is 18.1 Å². The predicted molar refractivity (Wildman–Crippen MR) is 42.6 cm³/mol. The summed E-state index contributed by atoms with van der Waals surface area (Å²) in [7, 11) is 0. The van der Waals surface area contributed by atoms with Crippen molar-refractivity contribution in [1.82, 2.24) is 0 Å². The molecule has 0 spiro atoms. The summed E-state index contributed by atoms with van der Waals surface area (Å²) in [5, 5.41) is 8.39. The van der Waals surface area contributed by atoms with Crippen LogP contribution < -0.4 is 0 Å². The van der Waals surface area contributed by atoms with Gasteiger partial charge in [-0.2, -0.15) is 14.7 Å². The monoisotopic (exact) mass is 171 g/mol. The van der Waals surface area contributed by atoms with Crippen LogP contribution in [-0.2, 0) is 0 Å².